The standard InChI is InChI=1S/C23H27NO6/c1-6-30-23(27)18-13(3)24-15-11-12(2)17(22(26)29-5)21(25)20(15)19(18)14-9-7-8-10-16(14)28-4/h7-10,12,17,19-20H,6,11H2,1-5H3/t12-,17-,19-,20-/m1/s1. The van der Waals surface area contributed by atoms with Crippen LogP contribution in [-0.2, 0) is 23.9 Å². The van der Waals surface area contributed by atoms with Crippen molar-refractivity contribution in [3.63, 3.8) is 0 Å². The van der Waals surface area contributed by atoms with Crippen LogP contribution in [0.1, 0.15) is 38.7 Å². The van der Waals surface area contributed by atoms with Crippen molar-refractivity contribution in [3.05, 3.63) is 41.1 Å². The average molecular weight is 413 g/mol. The summed E-state index contributed by atoms with van der Waals surface area (Å²) in [4.78, 5) is 43.5. The quantitative estimate of drug-likeness (QED) is 0.544. The summed E-state index contributed by atoms with van der Waals surface area (Å²) >= 11 is 0. The van der Waals surface area contributed by atoms with Crippen LogP contribution in [-0.4, -0.2) is 44.3 Å². The lowest BCUT2D eigenvalue weighted by molar-refractivity contribution is -0.152. The lowest BCUT2D eigenvalue weighted by atomic mass is 9.63. The molecule has 160 valence electrons. The highest BCUT2D eigenvalue weighted by atomic mass is 16.5. The van der Waals surface area contributed by atoms with Crippen LogP contribution in [0.4, 0.5) is 0 Å². The normalized spacial score (nSPS) is 25.9. The van der Waals surface area contributed by atoms with Gasteiger partial charge in [-0.05, 0) is 32.3 Å². The maximum Gasteiger partial charge on any atom is 0.336 e. The highest BCUT2D eigenvalue weighted by Crippen LogP contribution is 2.47. The third-order valence-corrected chi connectivity index (χ3v) is 5.84. The number of fused-ring (bicyclic) bond motifs is 1. The first kappa shape index (κ1) is 21.7. The zero-order valence-corrected chi connectivity index (χ0v) is 17.9. The molecule has 0 radical (unpaired) electrons. The Hall–Kier alpha value is -2.96. The molecule has 1 aliphatic heterocycles. The van der Waals surface area contributed by atoms with Crippen molar-refractivity contribution in [3.8, 4) is 5.75 Å². The number of Topliss-reactive ketones (excluding diaryl/α,β-unsaturated/α-hetero) is 1. The molecule has 1 aromatic rings. The first-order chi connectivity index (χ1) is 14.3. The fourth-order valence-corrected chi connectivity index (χ4v) is 4.57. The molecule has 1 aliphatic carbocycles. The number of allylic oxidation sites excluding steroid dienone is 1. The second kappa shape index (κ2) is 8.81. The van der Waals surface area contributed by atoms with Crippen LogP contribution in [0.15, 0.2) is 40.5 Å². The monoisotopic (exact) mass is 413 g/mol. The maximum atomic E-state index is 13.6. The predicted molar refractivity (Wildman–Crippen MR) is 110 cm³/mol. The number of carbonyl (C=O) groups excluding carboxylic acids is 3. The Kier molecular flexibility index (Phi) is 6.39. The number of ketones is 1. The fraction of sp³-hybridized carbons (Fsp3) is 0.478. The van der Waals surface area contributed by atoms with Crippen molar-refractivity contribution in [1.82, 2.24) is 0 Å². The highest BCUT2D eigenvalue weighted by molar-refractivity contribution is 6.17. The Bertz CT molecular complexity index is 931. The smallest absolute Gasteiger partial charge is 0.336 e. The number of esters is 2. The van der Waals surface area contributed by atoms with Crippen LogP contribution in [0.5, 0.6) is 5.75 Å². The van der Waals surface area contributed by atoms with Crippen molar-refractivity contribution in [2.45, 2.75) is 33.1 Å². The van der Waals surface area contributed by atoms with Gasteiger partial charge in [0.2, 0.25) is 0 Å². The van der Waals surface area contributed by atoms with E-state index in [0.29, 0.717) is 34.7 Å². The van der Waals surface area contributed by atoms with Crippen LogP contribution in [0.25, 0.3) is 0 Å². The third kappa shape index (κ3) is 3.64. The van der Waals surface area contributed by atoms with Crippen LogP contribution in [0.3, 0.4) is 0 Å². The number of para-hydroxylation sites is 1. The molecule has 7 nitrogen and oxygen atoms in total. The average Bonchev–Trinajstić information content (AvgIpc) is 2.72. The topological polar surface area (TPSA) is 91.3 Å². The first-order valence-electron chi connectivity index (χ1n) is 10.0. The molecule has 7 heteroatoms. The van der Waals surface area contributed by atoms with E-state index < -0.39 is 29.7 Å². The molecule has 1 aromatic carbocycles. The van der Waals surface area contributed by atoms with Crippen LogP contribution in [0, 0.1) is 17.8 Å². The van der Waals surface area contributed by atoms with Gasteiger partial charge < -0.3 is 14.2 Å². The second-order valence-corrected chi connectivity index (χ2v) is 7.60. The summed E-state index contributed by atoms with van der Waals surface area (Å²) in [5.74, 6) is -3.37. The Morgan fingerprint density at radius 1 is 1.17 bits per heavy atom. The molecule has 0 spiro atoms. The highest BCUT2D eigenvalue weighted by Gasteiger charge is 2.51. The SMILES string of the molecule is CCOC(=O)C1=C(C)N=C2C[C@@H](C)[C@@H](C(=O)OC)C(=O)[C@H]2[C@@H]1c1ccccc1OC. The van der Waals surface area contributed by atoms with Gasteiger partial charge in [0, 0.05) is 22.9 Å². The number of carbonyl (C=O) groups is 3. The van der Waals surface area contributed by atoms with E-state index in [1.807, 2.05) is 25.1 Å². The van der Waals surface area contributed by atoms with Gasteiger partial charge in [-0.25, -0.2) is 4.79 Å². The Morgan fingerprint density at radius 3 is 2.50 bits per heavy atom. The lowest BCUT2D eigenvalue weighted by Gasteiger charge is -2.40. The Morgan fingerprint density at radius 2 is 1.87 bits per heavy atom. The molecule has 1 heterocycles. The molecule has 1 saturated carbocycles. The first-order valence-corrected chi connectivity index (χ1v) is 10.0. The largest absolute Gasteiger partial charge is 0.496 e. The van der Waals surface area contributed by atoms with E-state index in [2.05, 4.69) is 4.99 Å². The van der Waals surface area contributed by atoms with E-state index in [1.165, 1.54) is 7.11 Å². The summed E-state index contributed by atoms with van der Waals surface area (Å²) in [6.45, 7) is 5.52. The van der Waals surface area contributed by atoms with Crippen molar-refractivity contribution < 1.29 is 28.6 Å². The number of ether oxygens (including phenoxy) is 3. The van der Waals surface area contributed by atoms with E-state index in [-0.39, 0.29) is 18.3 Å². The van der Waals surface area contributed by atoms with Crippen LogP contribution >= 0.6 is 0 Å². The maximum absolute atomic E-state index is 13.6. The molecule has 0 N–H and O–H groups in total. The van der Waals surface area contributed by atoms with Gasteiger partial charge in [-0.2, -0.15) is 0 Å². The van der Waals surface area contributed by atoms with Crippen LogP contribution in [0.2, 0.25) is 0 Å². The van der Waals surface area contributed by atoms with Crippen molar-refractivity contribution >= 4 is 23.4 Å². The molecular formula is C23H27NO6. The summed E-state index contributed by atoms with van der Waals surface area (Å²) in [7, 11) is 2.82. The van der Waals surface area contributed by atoms with Gasteiger partial charge >= 0.3 is 11.9 Å². The summed E-state index contributed by atoms with van der Waals surface area (Å²) in [6, 6.07) is 7.27. The molecule has 0 bridgehead atoms. The minimum Gasteiger partial charge on any atom is -0.496 e. The number of benzene rings is 1. The number of methoxy groups -OCH3 is 2. The zero-order valence-electron chi connectivity index (χ0n) is 17.9. The Balaban J connectivity index is 2.22. The minimum absolute atomic E-state index is 0.200. The van der Waals surface area contributed by atoms with Crippen molar-refractivity contribution in [2.75, 3.05) is 20.8 Å². The molecule has 1 fully saturated rings. The van der Waals surface area contributed by atoms with Gasteiger partial charge in [-0.15, -0.1) is 0 Å². The summed E-state index contributed by atoms with van der Waals surface area (Å²) in [5, 5.41) is 0. The number of aliphatic imine (C=N–C) groups is 1. The summed E-state index contributed by atoms with van der Waals surface area (Å²) in [5.41, 5.74) is 2.20. The number of nitrogens with zero attached hydrogens (tertiary/aromatic N) is 1. The molecule has 30 heavy (non-hydrogen) atoms. The molecule has 0 unspecified atom stereocenters. The Labute approximate surface area is 176 Å². The molecule has 4 atom stereocenters. The van der Waals surface area contributed by atoms with E-state index in [0.717, 1.165) is 0 Å². The molecule has 0 saturated heterocycles. The van der Waals surface area contributed by atoms with E-state index in [1.54, 1.807) is 27.0 Å². The van der Waals surface area contributed by atoms with E-state index in [4.69, 9.17) is 14.2 Å². The van der Waals surface area contributed by atoms with E-state index >= 15 is 0 Å². The second-order valence-electron chi connectivity index (χ2n) is 7.60. The van der Waals surface area contributed by atoms with Gasteiger partial charge in [-0.1, -0.05) is 25.1 Å². The molecule has 0 aromatic heterocycles. The predicted octanol–water partition coefficient (Wildman–Crippen LogP) is 3.08. The van der Waals surface area contributed by atoms with Crippen LogP contribution < -0.4 is 4.74 Å². The van der Waals surface area contributed by atoms with Gasteiger partial charge in [0.15, 0.2) is 5.78 Å². The third-order valence-electron chi connectivity index (χ3n) is 5.84. The van der Waals surface area contributed by atoms with Crippen molar-refractivity contribution in [2.24, 2.45) is 22.7 Å². The van der Waals surface area contributed by atoms with Gasteiger partial charge in [0.1, 0.15) is 11.7 Å². The fourth-order valence-electron chi connectivity index (χ4n) is 4.57. The molecule has 3 rings (SSSR count). The van der Waals surface area contributed by atoms with Gasteiger partial charge in [-0.3, -0.25) is 14.6 Å². The lowest BCUT2D eigenvalue weighted by Crippen LogP contribution is -2.48. The van der Waals surface area contributed by atoms with E-state index in [9.17, 15) is 14.4 Å². The zero-order chi connectivity index (χ0) is 22.0. The number of rotatable bonds is 5. The molecular weight excluding hydrogens is 386 g/mol. The molecule has 2 aliphatic rings. The number of hydrogen-bond donors (Lipinski definition) is 0. The number of hydrogen-bond acceptors (Lipinski definition) is 7. The van der Waals surface area contributed by atoms with Gasteiger partial charge in [0.05, 0.1) is 32.3 Å². The minimum atomic E-state index is -0.905. The summed E-state index contributed by atoms with van der Waals surface area (Å²) in [6.07, 6.45) is 0.468. The van der Waals surface area contributed by atoms with Crippen molar-refractivity contribution in [1.29, 1.82) is 0 Å². The van der Waals surface area contributed by atoms with Gasteiger partial charge in [0.25, 0.3) is 0 Å². The molecule has 0 amide bonds. The summed E-state index contributed by atoms with van der Waals surface area (Å²) < 4.78 is 15.7.